The lowest BCUT2D eigenvalue weighted by Crippen LogP contribution is -2.44. The van der Waals surface area contributed by atoms with E-state index in [1.165, 1.54) is 0 Å². The highest BCUT2D eigenvalue weighted by Crippen LogP contribution is 2.20. The maximum atomic E-state index is 12.1. The van der Waals surface area contributed by atoms with Gasteiger partial charge in [-0.3, -0.25) is 4.79 Å². The molecule has 16 heavy (non-hydrogen) atoms. The fourth-order valence-corrected chi connectivity index (χ4v) is 2.10. The second kappa shape index (κ2) is 5.86. The van der Waals surface area contributed by atoms with Crippen molar-refractivity contribution in [1.29, 1.82) is 5.26 Å². The third-order valence-corrected chi connectivity index (χ3v) is 3.16. The Morgan fingerprint density at radius 3 is 2.81 bits per heavy atom. The predicted octanol–water partition coefficient (Wildman–Crippen LogP) is 1.01. The van der Waals surface area contributed by atoms with Gasteiger partial charge in [0.15, 0.2) is 0 Å². The fraction of sp³-hybridized carbons (Fsp3) is 0.833. The maximum absolute atomic E-state index is 12.1. The van der Waals surface area contributed by atoms with Crippen LogP contribution in [0.25, 0.3) is 0 Å². The monoisotopic (exact) mass is 224 g/mol. The number of likely N-dealkylation sites (tertiary alicyclic amines) is 1. The zero-order valence-corrected chi connectivity index (χ0v) is 10.0. The molecular weight excluding hydrogens is 204 g/mol. The summed E-state index contributed by atoms with van der Waals surface area (Å²) in [6.07, 6.45) is 1.90. The Labute approximate surface area is 96.9 Å². The Balaban J connectivity index is 2.63. The van der Waals surface area contributed by atoms with Gasteiger partial charge in [0.05, 0.1) is 6.07 Å². The van der Waals surface area contributed by atoms with E-state index in [1.807, 2.05) is 13.8 Å². The predicted molar refractivity (Wildman–Crippen MR) is 60.3 cm³/mol. The van der Waals surface area contributed by atoms with E-state index >= 15 is 0 Å². The molecule has 0 radical (unpaired) electrons. The second-order valence-corrected chi connectivity index (χ2v) is 4.83. The van der Waals surface area contributed by atoms with Crippen LogP contribution in [0.4, 0.5) is 0 Å². The van der Waals surface area contributed by atoms with Crippen molar-refractivity contribution in [3.63, 3.8) is 0 Å². The van der Waals surface area contributed by atoms with E-state index in [4.69, 9.17) is 10.4 Å². The smallest absolute Gasteiger partial charge is 0.240 e. The average molecular weight is 224 g/mol. The first-order valence-electron chi connectivity index (χ1n) is 5.89. The summed E-state index contributed by atoms with van der Waals surface area (Å²) in [7, 11) is 0. The number of hydrogen-bond donors (Lipinski definition) is 1. The number of amides is 1. The van der Waals surface area contributed by atoms with Crippen LogP contribution in [-0.2, 0) is 4.79 Å². The summed E-state index contributed by atoms with van der Waals surface area (Å²) in [6, 6.07) is 2.08. The molecule has 1 aliphatic rings. The van der Waals surface area contributed by atoms with Gasteiger partial charge in [-0.15, -0.1) is 0 Å². The lowest BCUT2D eigenvalue weighted by atomic mass is 9.93. The quantitative estimate of drug-likeness (QED) is 0.778. The van der Waals surface area contributed by atoms with Crippen molar-refractivity contribution in [2.45, 2.75) is 26.7 Å². The van der Waals surface area contributed by atoms with E-state index in [-0.39, 0.29) is 24.3 Å². The number of nitriles is 1. The molecule has 2 unspecified atom stereocenters. The molecule has 0 aromatic rings. The first-order valence-corrected chi connectivity index (χ1v) is 5.89. The van der Waals surface area contributed by atoms with Gasteiger partial charge in [-0.05, 0) is 24.7 Å². The molecule has 1 N–H and O–H groups in total. The minimum Gasteiger partial charge on any atom is -0.396 e. The van der Waals surface area contributed by atoms with Gasteiger partial charge in [-0.1, -0.05) is 13.8 Å². The lowest BCUT2D eigenvalue weighted by Gasteiger charge is -2.33. The van der Waals surface area contributed by atoms with E-state index in [0.717, 1.165) is 19.4 Å². The van der Waals surface area contributed by atoms with Crippen molar-refractivity contribution < 1.29 is 9.90 Å². The molecule has 0 aliphatic carbocycles. The Kier molecular flexibility index (Phi) is 4.75. The van der Waals surface area contributed by atoms with Gasteiger partial charge in [0.1, 0.15) is 5.92 Å². The Bertz CT molecular complexity index is 283. The highest BCUT2D eigenvalue weighted by atomic mass is 16.3. The summed E-state index contributed by atoms with van der Waals surface area (Å²) in [6.45, 7) is 5.22. The standard InChI is InChI=1S/C12H20N2O2/c1-9(2)11(6-13)12(16)14-5-3-4-10(7-14)8-15/h9-11,15H,3-5,7-8H2,1-2H3. The zero-order chi connectivity index (χ0) is 12.1. The van der Waals surface area contributed by atoms with Gasteiger partial charge in [0.25, 0.3) is 0 Å². The molecule has 0 bridgehead atoms. The van der Waals surface area contributed by atoms with Crippen molar-refractivity contribution in [2.24, 2.45) is 17.8 Å². The second-order valence-electron chi connectivity index (χ2n) is 4.83. The summed E-state index contributed by atoms with van der Waals surface area (Å²) >= 11 is 0. The van der Waals surface area contributed by atoms with Crippen molar-refractivity contribution >= 4 is 5.91 Å². The number of piperidine rings is 1. The number of nitrogens with zero attached hydrogens (tertiary/aromatic N) is 2. The van der Waals surface area contributed by atoms with Gasteiger partial charge < -0.3 is 10.0 Å². The van der Waals surface area contributed by atoms with Gasteiger partial charge in [0.2, 0.25) is 5.91 Å². The summed E-state index contributed by atoms with van der Waals surface area (Å²) in [4.78, 5) is 13.8. The number of carbonyl (C=O) groups excluding carboxylic acids is 1. The molecule has 1 heterocycles. The molecule has 4 nitrogen and oxygen atoms in total. The number of carbonyl (C=O) groups is 1. The molecule has 0 aromatic carbocycles. The van der Waals surface area contributed by atoms with E-state index in [9.17, 15) is 4.79 Å². The number of aliphatic hydroxyl groups excluding tert-OH is 1. The van der Waals surface area contributed by atoms with Gasteiger partial charge in [0, 0.05) is 19.7 Å². The van der Waals surface area contributed by atoms with E-state index in [0.29, 0.717) is 6.54 Å². The van der Waals surface area contributed by atoms with E-state index < -0.39 is 5.92 Å². The Morgan fingerprint density at radius 2 is 2.31 bits per heavy atom. The Hall–Kier alpha value is -1.08. The molecule has 2 atom stereocenters. The normalized spacial score (nSPS) is 22.9. The molecule has 0 aromatic heterocycles. The van der Waals surface area contributed by atoms with Crippen molar-refractivity contribution in [3.8, 4) is 6.07 Å². The van der Waals surface area contributed by atoms with Crippen LogP contribution in [0.15, 0.2) is 0 Å². The van der Waals surface area contributed by atoms with Crippen LogP contribution in [0, 0.1) is 29.1 Å². The molecule has 0 spiro atoms. The molecule has 90 valence electrons. The highest BCUT2D eigenvalue weighted by Gasteiger charge is 2.30. The zero-order valence-electron chi connectivity index (χ0n) is 10.0. The molecule has 4 heteroatoms. The third kappa shape index (κ3) is 2.96. The molecule has 1 saturated heterocycles. The number of hydrogen-bond acceptors (Lipinski definition) is 3. The molecule has 1 fully saturated rings. The molecule has 1 aliphatic heterocycles. The summed E-state index contributed by atoms with van der Waals surface area (Å²) in [5.41, 5.74) is 0. The maximum Gasteiger partial charge on any atom is 0.240 e. The van der Waals surface area contributed by atoms with Crippen LogP contribution in [0.3, 0.4) is 0 Å². The van der Waals surface area contributed by atoms with Crippen LogP contribution in [-0.4, -0.2) is 35.6 Å². The van der Waals surface area contributed by atoms with Crippen LogP contribution < -0.4 is 0 Å². The van der Waals surface area contributed by atoms with Crippen molar-refractivity contribution in [2.75, 3.05) is 19.7 Å². The average Bonchev–Trinajstić information content (AvgIpc) is 2.29. The van der Waals surface area contributed by atoms with Gasteiger partial charge in [-0.25, -0.2) is 0 Å². The van der Waals surface area contributed by atoms with Crippen molar-refractivity contribution in [1.82, 2.24) is 4.90 Å². The van der Waals surface area contributed by atoms with E-state index in [1.54, 1.807) is 4.90 Å². The molecule has 1 rings (SSSR count). The molecule has 0 saturated carbocycles. The van der Waals surface area contributed by atoms with Crippen LogP contribution in [0.5, 0.6) is 0 Å². The minimum absolute atomic E-state index is 0.0482. The van der Waals surface area contributed by atoms with Crippen molar-refractivity contribution in [3.05, 3.63) is 0 Å². The Morgan fingerprint density at radius 1 is 1.62 bits per heavy atom. The summed E-state index contributed by atoms with van der Waals surface area (Å²) in [5.74, 6) is -0.385. The van der Waals surface area contributed by atoms with Gasteiger partial charge >= 0.3 is 0 Å². The first kappa shape index (κ1) is 13.0. The first-order chi connectivity index (χ1) is 7.60. The third-order valence-electron chi connectivity index (χ3n) is 3.16. The fourth-order valence-electron chi connectivity index (χ4n) is 2.10. The number of rotatable bonds is 3. The van der Waals surface area contributed by atoms with Crippen LogP contribution in [0.1, 0.15) is 26.7 Å². The lowest BCUT2D eigenvalue weighted by molar-refractivity contribution is -0.137. The largest absolute Gasteiger partial charge is 0.396 e. The van der Waals surface area contributed by atoms with E-state index in [2.05, 4.69) is 6.07 Å². The SMILES string of the molecule is CC(C)C(C#N)C(=O)N1CCCC(CO)C1. The van der Waals surface area contributed by atoms with Crippen LogP contribution >= 0.6 is 0 Å². The van der Waals surface area contributed by atoms with Gasteiger partial charge in [-0.2, -0.15) is 5.26 Å². The van der Waals surface area contributed by atoms with Crippen LogP contribution in [0.2, 0.25) is 0 Å². The molecular formula is C12H20N2O2. The highest BCUT2D eigenvalue weighted by molar-refractivity contribution is 5.81. The topological polar surface area (TPSA) is 64.3 Å². The summed E-state index contributed by atoms with van der Waals surface area (Å²) in [5, 5.41) is 18.1. The minimum atomic E-state index is -0.544. The summed E-state index contributed by atoms with van der Waals surface area (Å²) < 4.78 is 0. The number of aliphatic hydroxyl groups is 1. The molecule has 1 amide bonds.